The zero-order chi connectivity index (χ0) is 9.10. The molecule has 0 spiro atoms. The first kappa shape index (κ1) is 8.65. The van der Waals surface area contributed by atoms with Crippen molar-refractivity contribution in [1.29, 1.82) is 0 Å². The van der Waals surface area contributed by atoms with Crippen LogP contribution >= 0.6 is 0 Å². The normalized spacial score (nSPS) is 19.2. The predicted molar refractivity (Wildman–Crippen MR) is 45.1 cm³/mol. The van der Waals surface area contributed by atoms with Crippen molar-refractivity contribution in [3.8, 4) is 0 Å². The fraction of sp³-hybridized carbons (Fsp3) is 0.750. The Morgan fingerprint density at radius 2 is 2.23 bits per heavy atom. The number of nitrogens with one attached hydrogen (secondary N) is 1. The molecule has 0 unspecified atom stereocenters. The van der Waals surface area contributed by atoms with E-state index in [1.807, 2.05) is 0 Å². The lowest BCUT2D eigenvalue weighted by atomic mass is 9.98. The van der Waals surface area contributed by atoms with Crippen LogP contribution in [-0.4, -0.2) is 28.3 Å². The van der Waals surface area contributed by atoms with Crippen molar-refractivity contribution in [3.63, 3.8) is 0 Å². The highest BCUT2D eigenvalue weighted by Crippen LogP contribution is 2.22. The van der Waals surface area contributed by atoms with Crippen LogP contribution < -0.4 is 5.32 Å². The van der Waals surface area contributed by atoms with Gasteiger partial charge in [-0.25, -0.2) is 0 Å². The second-order valence-electron chi connectivity index (χ2n) is 3.23. The average molecular weight is 183 g/mol. The highest BCUT2D eigenvalue weighted by atomic mass is 16.5. The zero-order valence-electron chi connectivity index (χ0n) is 7.36. The lowest BCUT2D eigenvalue weighted by Gasteiger charge is -2.18. The van der Waals surface area contributed by atoms with Crippen LogP contribution in [0.15, 0.2) is 4.52 Å². The zero-order valence-corrected chi connectivity index (χ0v) is 7.36. The van der Waals surface area contributed by atoms with Gasteiger partial charge in [0, 0.05) is 5.92 Å². The monoisotopic (exact) mass is 183 g/mol. The van der Waals surface area contributed by atoms with Gasteiger partial charge in [0.1, 0.15) is 6.61 Å². The quantitative estimate of drug-likeness (QED) is 0.676. The summed E-state index contributed by atoms with van der Waals surface area (Å²) in [6.07, 6.45) is 2.09. The molecular formula is C8H13N3O2. The van der Waals surface area contributed by atoms with Gasteiger partial charge in [0.15, 0.2) is 5.82 Å². The van der Waals surface area contributed by atoms with E-state index in [4.69, 9.17) is 9.63 Å². The summed E-state index contributed by atoms with van der Waals surface area (Å²) in [4.78, 5) is 4.10. The maximum atomic E-state index is 8.74. The molecule has 72 valence electrons. The van der Waals surface area contributed by atoms with Crippen LogP contribution in [0.1, 0.15) is 30.5 Å². The van der Waals surface area contributed by atoms with E-state index in [1.54, 1.807) is 0 Å². The molecule has 0 radical (unpaired) electrons. The van der Waals surface area contributed by atoms with Crippen LogP contribution in [0.4, 0.5) is 0 Å². The van der Waals surface area contributed by atoms with Crippen molar-refractivity contribution < 1.29 is 9.63 Å². The summed E-state index contributed by atoms with van der Waals surface area (Å²) in [5, 5.41) is 15.8. The van der Waals surface area contributed by atoms with E-state index in [2.05, 4.69) is 15.5 Å². The van der Waals surface area contributed by atoms with Crippen LogP contribution in [0.3, 0.4) is 0 Å². The molecule has 1 aliphatic rings. The number of rotatable bonds is 2. The molecule has 0 amide bonds. The highest BCUT2D eigenvalue weighted by molar-refractivity contribution is 4.96. The van der Waals surface area contributed by atoms with Crippen LogP contribution in [0, 0.1) is 0 Å². The molecule has 2 heterocycles. The number of nitrogens with zero attached hydrogens (tertiary/aromatic N) is 2. The fourth-order valence-corrected chi connectivity index (χ4v) is 1.58. The summed E-state index contributed by atoms with van der Waals surface area (Å²) in [7, 11) is 0. The molecule has 5 nitrogen and oxygen atoms in total. The lowest BCUT2D eigenvalue weighted by molar-refractivity contribution is 0.222. The third-order valence-electron chi connectivity index (χ3n) is 2.32. The first-order chi connectivity index (χ1) is 6.40. The van der Waals surface area contributed by atoms with E-state index in [0.717, 1.165) is 31.8 Å². The van der Waals surface area contributed by atoms with Gasteiger partial charge in [-0.15, -0.1) is 0 Å². The Kier molecular flexibility index (Phi) is 2.56. The topological polar surface area (TPSA) is 71.2 Å². The number of aliphatic hydroxyl groups is 1. The van der Waals surface area contributed by atoms with Crippen LogP contribution in [-0.2, 0) is 6.61 Å². The van der Waals surface area contributed by atoms with Gasteiger partial charge in [-0.2, -0.15) is 4.98 Å². The molecule has 0 aromatic carbocycles. The SMILES string of the molecule is OCc1nc(C2CCNCC2)no1. The Bertz CT molecular complexity index is 268. The summed E-state index contributed by atoms with van der Waals surface area (Å²) < 4.78 is 4.84. The minimum atomic E-state index is -0.169. The van der Waals surface area contributed by atoms with E-state index in [-0.39, 0.29) is 6.61 Å². The van der Waals surface area contributed by atoms with Crippen LogP contribution in [0.25, 0.3) is 0 Å². The second-order valence-corrected chi connectivity index (χ2v) is 3.23. The second kappa shape index (κ2) is 3.85. The van der Waals surface area contributed by atoms with E-state index < -0.39 is 0 Å². The van der Waals surface area contributed by atoms with Crippen molar-refractivity contribution in [2.75, 3.05) is 13.1 Å². The van der Waals surface area contributed by atoms with E-state index in [0.29, 0.717) is 11.8 Å². The van der Waals surface area contributed by atoms with Gasteiger partial charge < -0.3 is 14.9 Å². The number of piperidine rings is 1. The average Bonchev–Trinajstić information content (AvgIpc) is 2.67. The number of hydrogen-bond acceptors (Lipinski definition) is 5. The third kappa shape index (κ3) is 1.87. The minimum Gasteiger partial charge on any atom is -0.387 e. The Morgan fingerprint density at radius 3 is 2.85 bits per heavy atom. The van der Waals surface area contributed by atoms with Crippen molar-refractivity contribution in [1.82, 2.24) is 15.5 Å². The van der Waals surface area contributed by atoms with Crippen molar-refractivity contribution in [2.24, 2.45) is 0 Å². The highest BCUT2D eigenvalue weighted by Gasteiger charge is 2.20. The van der Waals surface area contributed by atoms with E-state index in [1.165, 1.54) is 0 Å². The molecule has 0 saturated carbocycles. The molecule has 0 bridgehead atoms. The molecule has 1 aliphatic heterocycles. The number of aliphatic hydroxyl groups excluding tert-OH is 1. The molecule has 1 aromatic heterocycles. The minimum absolute atomic E-state index is 0.169. The van der Waals surface area contributed by atoms with Crippen molar-refractivity contribution >= 4 is 0 Å². The first-order valence-electron chi connectivity index (χ1n) is 4.54. The summed E-state index contributed by atoms with van der Waals surface area (Å²) in [6.45, 7) is 1.85. The Balaban J connectivity index is 2.05. The predicted octanol–water partition coefficient (Wildman–Crippen LogP) is 0.0289. The smallest absolute Gasteiger partial charge is 0.252 e. The standard InChI is InChI=1S/C8H13N3O2/c12-5-7-10-8(11-13-7)6-1-3-9-4-2-6/h6,9,12H,1-5H2. The molecular weight excluding hydrogens is 170 g/mol. The maximum absolute atomic E-state index is 8.74. The van der Waals surface area contributed by atoms with Gasteiger partial charge in [0.2, 0.25) is 0 Å². The van der Waals surface area contributed by atoms with Crippen molar-refractivity contribution in [2.45, 2.75) is 25.4 Å². The van der Waals surface area contributed by atoms with Crippen LogP contribution in [0.5, 0.6) is 0 Å². The fourth-order valence-electron chi connectivity index (χ4n) is 1.58. The van der Waals surface area contributed by atoms with Gasteiger partial charge >= 0.3 is 0 Å². The van der Waals surface area contributed by atoms with Gasteiger partial charge in [0.05, 0.1) is 0 Å². The molecule has 1 aromatic rings. The lowest BCUT2D eigenvalue weighted by Crippen LogP contribution is -2.27. The third-order valence-corrected chi connectivity index (χ3v) is 2.32. The summed E-state index contributed by atoms with van der Waals surface area (Å²) in [5.74, 6) is 1.45. The number of hydrogen-bond donors (Lipinski definition) is 2. The summed E-state index contributed by atoms with van der Waals surface area (Å²) in [5.41, 5.74) is 0. The molecule has 1 fully saturated rings. The molecule has 2 N–H and O–H groups in total. The molecule has 5 heteroatoms. The van der Waals surface area contributed by atoms with Gasteiger partial charge in [-0.3, -0.25) is 0 Å². The molecule has 13 heavy (non-hydrogen) atoms. The molecule has 0 aliphatic carbocycles. The van der Waals surface area contributed by atoms with Gasteiger partial charge in [-0.1, -0.05) is 5.16 Å². The van der Waals surface area contributed by atoms with Gasteiger partial charge in [0.25, 0.3) is 5.89 Å². The molecule has 2 rings (SSSR count). The Hall–Kier alpha value is -0.940. The first-order valence-corrected chi connectivity index (χ1v) is 4.54. The number of aromatic nitrogens is 2. The maximum Gasteiger partial charge on any atom is 0.252 e. The largest absolute Gasteiger partial charge is 0.387 e. The Morgan fingerprint density at radius 1 is 1.46 bits per heavy atom. The van der Waals surface area contributed by atoms with E-state index >= 15 is 0 Å². The van der Waals surface area contributed by atoms with Crippen LogP contribution in [0.2, 0.25) is 0 Å². The summed E-state index contributed by atoms with van der Waals surface area (Å²) >= 11 is 0. The molecule has 1 saturated heterocycles. The molecule has 0 atom stereocenters. The Labute approximate surface area is 76.1 Å². The van der Waals surface area contributed by atoms with E-state index in [9.17, 15) is 0 Å². The summed E-state index contributed by atoms with van der Waals surface area (Å²) in [6, 6.07) is 0. The van der Waals surface area contributed by atoms with Gasteiger partial charge in [-0.05, 0) is 25.9 Å². The van der Waals surface area contributed by atoms with Crippen molar-refractivity contribution in [3.05, 3.63) is 11.7 Å².